The summed E-state index contributed by atoms with van der Waals surface area (Å²) in [5.41, 5.74) is 0.276. The molecule has 0 fully saturated rings. The predicted octanol–water partition coefficient (Wildman–Crippen LogP) is 1.63. The zero-order valence-electron chi connectivity index (χ0n) is 8.84. The maximum absolute atomic E-state index is 12.9. The van der Waals surface area contributed by atoms with Gasteiger partial charge in [0.25, 0.3) is 0 Å². The van der Waals surface area contributed by atoms with Gasteiger partial charge in [0.2, 0.25) is 0 Å². The average molecular weight is 211 g/mol. The number of nitrogens with one attached hydrogen (secondary N) is 1. The van der Waals surface area contributed by atoms with Crippen LogP contribution >= 0.6 is 0 Å². The lowest BCUT2D eigenvalue weighted by Gasteiger charge is -2.07. The Labute approximate surface area is 88.2 Å². The molecule has 0 saturated carbocycles. The number of halogens is 1. The molecule has 1 aromatic rings. The van der Waals surface area contributed by atoms with Gasteiger partial charge in [-0.05, 0) is 24.7 Å². The summed E-state index contributed by atoms with van der Waals surface area (Å²) in [7, 11) is 1.46. The fourth-order valence-corrected chi connectivity index (χ4v) is 1.23. The van der Waals surface area contributed by atoms with Gasteiger partial charge in [0.1, 0.15) is 11.6 Å². The molecule has 1 N–H and O–H groups in total. The fraction of sp³-hybridized carbons (Fsp3) is 0.364. The van der Waals surface area contributed by atoms with E-state index in [1.54, 1.807) is 0 Å². The van der Waals surface area contributed by atoms with E-state index in [4.69, 9.17) is 4.74 Å². The summed E-state index contributed by atoms with van der Waals surface area (Å²) < 4.78 is 17.9. The summed E-state index contributed by atoms with van der Waals surface area (Å²) in [5, 5.41) is 2.89. The SMILES string of the molecule is CCNCC(=O)c1cc(F)ccc1OC. The molecule has 0 unspecified atom stereocenters. The Hall–Kier alpha value is -1.42. The Morgan fingerprint density at radius 3 is 2.87 bits per heavy atom. The Morgan fingerprint density at radius 2 is 2.27 bits per heavy atom. The first-order valence-electron chi connectivity index (χ1n) is 4.76. The number of Topliss-reactive ketones (excluding diaryl/α,β-unsaturated/α-hetero) is 1. The van der Waals surface area contributed by atoms with E-state index < -0.39 is 5.82 Å². The summed E-state index contributed by atoms with van der Waals surface area (Å²) in [5.74, 6) is -0.205. The molecule has 4 heteroatoms. The smallest absolute Gasteiger partial charge is 0.180 e. The van der Waals surface area contributed by atoms with Gasteiger partial charge in [-0.1, -0.05) is 6.92 Å². The Balaban J connectivity index is 2.90. The van der Waals surface area contributed by atoms with Crippen molar-refractivity contribution in [2.24, 2.45) is 0 Å². The van der Waals surface area contributed by atoms with Crippen molar-refractivity contribution >= 4 is 5.78 Å². The van der Waals surface area contributed by atoms with Crippen LogP contribution in [0.1, 0.15) is 17.3 Å². The number of rotatable bonds is 5. The molecule has 0 atom stereocenters. The molecule has 0 bridgehead atoms. The van der Waals surface area contributed by atoms with Gasteiger partial charge in [-0.2, -0.15) is 0 Å². The monoisotopic (exact) mass is 211 g/mol. The Morgan fingerprint density at radius 1 is 1.53 bits per heavy atom. The van der Waals surface area contributed by atoms with Crippen molar-refractivity contribution < 1.29 is 13.9 Å². The predicted molar refractivity (Wildman–Crippen MR) is 55.8 cm³/mol. The minimum absolute atomic E-state index is 0.173. The van der Waals surface area contributed by atoms with Crippen LogP contribution in [-0.2, 0) is 0 Å². The molecule has 0 saturated heterocycles. The standard InChI is InChI=1S/C11H14FNO2/c1-3-13-7-10(14)9-6-8(12)4-5-11(9)15-2/h4-6,13H,3,7H2,1-2H3. The van der Waals surface area contributed by atoms with Gasteiger partial charge in [0.05, 0.1) is 19.2 Å². The summed E-state index contributed by atoms with van der Waals surface area (Å²) >= 11 is 0. The third-order valence-electron chi connectivity index (χ3n) is 2.00. The van der Waals surface area contributed by atoms with Crippen LogP contribution < -0.4 is 10.1 Å². The zero-order valence-corrected chi connectivity index (χ0v) is 8.84. The van der Waals surface area contributed by atoms with Crippen LogP contribution in [0.3, 0.4) is 0 Å². The van der Waals surface area contributed by atoms with Gasteiger partial charge in [-0.3, -0.25) is 4.79 Å². The topological polar surface area (TPSA) is 38.3 Å². The van der Waals surface area contributed by atoms with Crippen molar-refractivity contribution in [3.8, 4) is 5.75 Å². The molecule has 0 aliphatic heterocycles. The number of benzene rings is 1. The van der Waals surface area contributed by atoms with Gasteiger partial charge in [-0.25, -0.2) is 4.39 Å². The molecule has 0 radical (unpaired) electrons. The lowest BCUT2D eigenvalue weighted by Crippen LogP contribution is -2.23. The van der Waals surface area contributed by atoms with E-state index in [9.17, 15) is 9.18 Å². The van der Waals surface area contributed by atoms with Crippen LogP contribution in [0.2, 0.25) is 0 Å². The molecule has 0 heterocycles. The summed E-state index contributed by atoms with van der Waals surface area (Å²) in [6.45, 7) is 2.79. The van der Waals surface area contributed by atoms with E-state index in [0.29, 0.717) is 12.3 Å². The molecule has 0 aliphatic rings. The average Bonchev–Trinajstić information content (AvgIpc) is 2.25. The second kappa shape index (κ2) is 5.46. The van der Waals surface area contributed by atoms with Gasteiger partial charge in [0.15, 0.2) is 5.78 Å². The highest BCUT2D eigenvalue weighted by molar-refractivity contribution is 6.00. The fourth-order valence-electron chi connectivity index (χ4n) is 1.23. The highest BCUT2D eigenvalue weighted by atomic mass is 19.1. The molecule has 0 spiro atoms. The minimum atomic E-state index is -0.435. The van der Waals surface area contributed by atoms with Crippen molar-refractivity contribution in [2.45, 2.75) is 6.92 Å². The van der Waals surface area contributed by atoms with Crippen LogP contribution in [0.5, 0.6) is 5.75 Å². The van der Waals surface area contributed by atoms with Crippen LogP contribution in [0.4, 0.5) is 4.39 Å². The van der Waals surface area contributed by atoms with E-state index in [2.05, 4.69) is 5.32 Å². The Bertz CT molecular complexity index is 352. The lowest BCUT2D eigenvalue weighted by atomic mass is 10.1. The van der Waals surface area contributed by atoms with Crippen LogP contribution in [0.15, 0.2) is 18.2 Å². The number of carbonyl (C=O) groups excluding carboxylic acids is 1. The Kier molecular flexibility index (Phi) is 4.24. The second-order valence-electron chi connectivity index (χ2n) is 3.05. The number of hydrogen-bond acceptors (Lipinski definition) is 3. The highest BCUT2D eigenvalue weighted by Crippen LogP contribution is 2.19. The zero-order chi connectivity index (χ0) is 11.3. The summed E-state index contributed by atoms with van der Waals surface area (Å²) in [6.07, 6.45) is 0. The molecular weight excluding hydrogens is 197 g/mol. The first-order valence-corrected chi connectivity index (χ1v) is 4.76. The molecule has 0 aromatic heterocycles. The quantitative estimate of drug-likeness (QED) is 0.752. The van der Waals surface area contributed by atoms with Gasteiger partial charge in [-0.15, -0.1) is 0 Å². The molecule has 0 amide bonds. The maximum atomic E-state index is 12.9. The third-order valence-corrected chi connectivity index (χ3v) is 2.00. The largest absolute Gasteiger partial charge is 0.496 e. The summed E-state index contributed by atoms with van der Waals surface area (Å²) in [6, 6.07) is 3.91. The number of ketones is 1. The molecule has 1 rings (SSSR count). The van der Waals surface area contributed by atoms with Crippen LogP contribution in [0, 0.1) is 5.82 Å². The first-order chi connectivity index (χ1) is 7.19. The summed E-state index contributed by atoms with van der Waals surface area (Å²) in [4.78, 5) is 11.6. The third kappa shape index (κ3) is 3.02. The van der Waals surface area contributed by atoms with Crippen molar-refractivity contribution in [1.82, 2.24) is 5.32 Å². The first kappa shape index (κ1) is 11.7. The molecule has 3 nitrogen and oxygen atoms in total. The van der Waals surface area contributed by atoms with Crippen molar-refractivity contribution in [3.63, 3.8) is 0 Å². The van der Waals surface area contributed by atoms with Crippen LogP contribution in [0.25, 0.3) is 0 Å². The van der Waals surface area contributed by atoms with E-state index >= 15 is 0 Å². The van der Waals surface area contributed by atoms with E-state index in [-0.39, 0.29) is 17.9 Å². The van der Waals surface area contributed by atoms with E-state index in [1.807, 2.05) is 6.92 Å². The number of ether oxygens (including phenoxy) is 1. The van der Waals surface area contributed by atoms with Crippen LogP contribution in [-0.4, -0.2) is 26.0 Å². The minimum Gasteiger partial charge on any atom is -0.496 e. The number of methoxy groups -OCH3 is 1. The van der Waals surface area contributed by atoms with Gasteiger partial charge in [0, 0.05) is 0 Å². The second-order valence-corrected chi connectivity index (χ2v) is 3.05. The van der Waals surface area contributed by atoms with Crippen molar-refractivity contribution in [1.29, 1.82) is 0 Å². The van der Waals surface area contributed by atoms with Gasteiger partial charge >= 0.3 is 0 Å². The van der Waals surface area contributed by atoms with E-state index in [0.717, 1.165) is 0 Å². The number of carbonyl (C=O) groups is 1. The van der Waals surface area contributed by atoms with Crippen molar-refractivity contribution in [3.05, 3.63) is 29.6 Å². The van der Waals surface area contributed by atoms with Crippen molar-refractivity contribution in [2.75, 3.05) is 20.2 Å². The molecule has 15 heavy (non-hydrogen) atoms. The maximum Gasteiger partial charge on any atom is 0.180 e. The van der Waals surface area contributed by atoms with Gasteiger partial charge < -0.3 is 10.1 Å². The molecule has 1 aromatic carbocycles. The number of hydrogen-bond donors (Lipinski definition) is 1. The molecule has 0 aliphatic carbocycles. The molecule has 82 valence electrons. The lowest BCUT2D eigenvalue weighted by molar-refractivity contribution is 0.0988. The van der Waals surface area contributed by atoms with E-state index in [1.165, 1.54) is 25.3 Å². The molecular formula is C11H14FNO2. The highest BCUT2D eigenvalue weighted by Gasteiger charge is 2.12. The number of likely N-dealkylation sites (N-methyl/N-ethyl adjacent to an activating group) is 1. The normalized spacial score (nSPS) is 10.1.